The van der Waals surface area contributed by atoms with Crippen LogP contribution in [0.1, 0.15) is 45.1 Å². The fourth-order valence-corrected chi connectivity index (χ4v) is 4.37. The van der Waals surface area contributed by atoms with Crippen molar-refractivity contribution in [1.82, 2.24) is 5.32 Å². The van der Waals surface area contributed by atoms with Crippen LogP contribution in [0.2, 0.25) is 0 Å². The predicted molar refractivity (Wildman–Crippen MR) is 133 cm³/mol. The zero-order valence-electron chi connectivity index (χ0n) is 21.6. The summed E-state index contributed by atoms with van der Waals surface area (Å²) in [5.74, 6) is -0.816. The average Bonchev–Trinajstić information content (AvgIpc) is 2.86. The standard InChI is InChI=1S/C28H35NO8/c1-18(30)29-23-25(32-17-22(31)37-28(2,3)4)24-21(16-34-26(36-24)20-13-9-6-10-14-20)35-27(23)33-15-19-11-7-5-8-12-19/h5-14,21,23-27H,15-17H2,1-4H3,(H,29,30)/t21-,23-,24+,25+,26+,27+/m0/s1. The van der Waals surface area contributed by atoms with Gasteiger partial charge in [-0.25, -0.2) is 4.79 Å². The largest absolute Gasteiger partial charge is 0.458 e. The smallest absolute Gasteiger partial charge is 0.332 e. The van der Waals surface area contributed by atoms with Gasteiger partial charge in [0.05, 0.1) is 13.2 Å². The average molecular weight is 514 g/mol. The van der Waals surface area contributed by atoms with Crippen molar-refractivity contribution in [3.8, 4) is 0 Å². The van der Waals surface area contributed by atoms with Crippen molar-refractivity contribution in [3.05, 3.63) is 71.8 Å². The maximum atomic E-state index is 12.5. The molecule has 0 bridgehead atoms. The van der Waals surface area contributed by atoms with Crippen LogP contribution in [-0.4, -0.2) is 61.3 Å². The summed E-state index contributed by atoms with van der Waals surface area (Å²) in [7, 11) is 0. The maximum Gasteiger partial charge on any atom is 0.332 e. The SMILES string of the molecule is CC(=O)N[C@@H]1[C@H](OCc2ccccc2)O[C@H]2CO[C@@H](c3ccccc3)O[C@H]2[C@@H]1OCC(=O)OC(C)(C)C. The van der Waals surface area contributed by atoms with Crippen molar-refractivity contribution in [2.24, 2.45) is 0 Å². The van der Waals surface area contributed by atoms with Crippen molar-refractivity contribution in [2.75, 3.05) is 13.2 Å². The molecule has 0 aliphatic carbocycles. The minimum Gasteiger partial charge on any atom is -0.458 e. The van der Waals surface area contributed by atoms with E-state index in [4.69, 9.17) is 28.4 Å². The van der Waals surface area contributed by atoms with Crippen molar-refractivity contribution in [2.45, 2.75) is 76.8 Å². The molecule has 9 heteroatoms. The van der Waals surface area contributed by atoms with E-state index in [1.54, 1.807) is 20.8 Å². The normalized spacial score (nSPS) is 27.7. The number of hydrogen-bond acceptors (Lipinski definition) is 8. The van der Waals surface area contributed by atoms with Crippen LogP contribution in [0.4, 0.5) is 0 Å². The number of benzene rings is 2. The second kappa shape index (κ2) is 12.1. The summed E-state index contributed by atoms with van der Waals surface area (Å²) in [4.78, 5) is 24.7. The first-order valence-corrected chi connectivity index (χ1v) is 12.4. The highest BCUT2D eigenvalue weighted by molar-refractivity contribution is 5.73. The van der Waals surface area contributed by atoms with Gasteiger partial charge in [-0.2, -0.15) is 0 Å². The molecule has 0 spiro atoms. The Morgan fingerprint density at radius 3 is 2.30 bits per heavy atom. The fourth-order valence-electron chi connectivity index (χ4n) is 4.37. The predicted octanol–water partition coefficient (Wildman–Crippen LogP) is 3.27. The van der Waals surface area contributed by atoms with Gasteiger partial charge in [-0.1, -0.05) is 60.7 Å². The number of rotatable bonds is 8. The Labute approximate surface area is 217 Å². The van der Waals surface area contributed by atoms with Crippen LogP contribution in [0.25, 0.3) is 0 Å². The molecule has 2 aliphatic rings. The topological polar surface area (TPSA) is 102 Å². The molecule has 0 radical (unpaired) electrons. The van der Waals surface area contributed by atoms with E-state index in [1.807, 2.05) is 60.7 Å². The molecule has 0 saturated carbocycles. The quantitative estimate of drug-likeness (QED) is 0.537. The van der Waals surface area contributed by atoms with E-state index in [0.717, 1.165) is 11.1 Å². The first-order valence-electron chi connectivity index (χ1n) is 12.4. The highest BCUT2D eigenvalue weighted by atomic mass is 16.8. The molecule has 0 aromatic heterocycles. The van der Waals surface area contributed by atoms with Gasteiger partial charge in [-0.05, 0) is 26.3 Å². The molecule has 1 N–H and O–H groups in total. The van der Waals surface area contributed by atoms with E-state index in [0.29, 0.717) is 0 Å². The summed E-state index contributed by atoms with van der Waals surface area (Å²) in [6, 6.07) is 18.4. The zero-order valence-corrected chi connectivity index (χ0v) is 21.6. The Hall–Kier alpha value is -2.82. The van der Waals surface area contributed by atoms with Gasteiger partial charge < -0.3 is 33.7 Å². The summed E-state index contributed by atoms with van der Waals surface area (Å²) >= 11 is 0. The van der Waals surface area contributed by atoms with E-state index in [9.17, 15) is 9.59 Å². The third kappa shape index (κ3) is 7.59. The molecule has 0 unspecified atom stereocenters. The third-order valence-electron chi connectivity index (χ3n) is 5.85. The summed E-state index contributed by atoms with van der Waals surface area (Å²) in [6.45, 7) is 6.91. The molecule has 200 valence electrons. The van der Waals surface area contributed by atoms with Crippen LogP contribution in [0, 0.1) is 0 Å². The number of ether oxygens (including phenoxy) is 6. The van der Waals surface area contributed by atoms with Crippen molar-refractivity contribution in [1.29, 1.82) is 0 Å². The summed E-state index contributed by atoms with van der Waals surface area (Å²) in [5, 5.41) is 2.89. The lowest BCUT2D eigenvalue weighted by atomic mass is 9.95. The van der Waals surface area contributed by atoms with Crippen molar-refractivity contribution in [3.63, 3.8) is 0 Å². The number of hydrogen-bond donors (Lipinski definition) is 1. The maximum absolute atomic E-state index is 12.5. The molecular formula is C28H35NO8. The van der Waals surface area contributed by atoms with E-state index >= 15 is 0 Å². The number of amides is 1. The molecular weight excluding hydrogens is 478 g/mol. The fraction of sp³-hybridized carbons (Fsp3) is 0.500. The van der Waals surface area contributed by atoms with Crippen LogP contribution >= 0.6 is 0 Å². The van der Waals surface area contributed by atoms with Crippen LogP contribution in [0.15, 0.2) is 60.7 Å². The second-order valence-corrected chi connectivity index (χ2v) is 10.1. The minimum absolute atomic E-state index is 0.217. The second-order valence-electron chi connectivity index (χ2n) is 10.1. The Kier molecular flexibility index (Phi) is 8.94. The molecule has 9 nitrogen and oxygen atoms in total. The highest BCUT2D eigenvalue weighted by Crippen LogP contribution is 2.36. The first-order chi connectivity index (χ1) is 17.7. The summed E-state index contributed by atoms with van der Waals surface area (Å²) in [5.41, 5.74) is 1.12. The molecule has 2 aromatic rings. The van der Waals surface area contributed by atoms with Crippen LogP contribution in [-0.2, 0) is 44.6 Å². The molecule has 2 heterocycles. The zero-order chi connectivity index (χ0) is 26.4. The molecule has 37 heavy (non-hydrogen) atoms. The number of fused-ring (bicyclic) bond motifs is 1. The number of carbonyl (C=O) groups is 2. The Balaban J connectivity index is 1.56. The molecule has 4 rings (SSSR count). The molecule has 2 saturated heterocycles. The van der Waals surface area contributed by atoms with Gasteiger partial charge in [0.2, 0.25) is 5.91 Å². The monoisotopic (exact) mass is 513 g/mol. The lowest BCUT2D eigenvalue weighted by molar-refractivity contribution is -0.349. The van der Waals surface area contributed by atoms with Crippen molar-refractivity contribution < 1.29 is 38.0 Å². The molecule has 6 atom stereocenters. The van der Waals surface area contributed by atoms with Gasteiger partial charge in [0.25, 0.3) is 0 Å². The van der Waals surface area contributed by atoms with Crippen LogP contribution < -0.4 is 5.32 Å². The number of esters is 1. The molecule has 2 aliphatic heterocycles. The Bertz CT molecular complexity index is 1030. The van der Waals surface area contributed by atoms with Gasteiger partial charge in [-0.15, -0.1) is 0 Å². The van der Waals surface area contributed by atoms with Crippen LogP contribution in [0.5, 0.6) is 0 Å². The summed E-state index contributed by atoms with van der Waals surface area (Å²) < 4.78 is 36.2. The Morgan fingerprint density at radius 2 is 1.65 bits per heavy atom. The Morgan fingerprint density at radius 1 is 0.973 bits per heavy atom. The van der Waals surface area contributed by atoms with E-state index in [1.165, 1.54) is 6.92 Å². The van der Waals surface area contributed by atoms with E-state index in [2.05, 4.69) is 5.32 Å². The number of nitrogens with one attached hydrogen (secondary N) is 1. The molecule has 2 aromatic carbocycles. The van der Waals surface area contributed by atoms with E-state index < -0.39 is 48.5 Å². The number of carbonyl (C=O) groups excluding carboxylic acids is 2. The molecule has 2 fully saturated rings. The van der Waals surface area contributed by atoms with Gasteiger partial charge in [0, 0.05) is 12.5 Å². The third-order valence-corrected chi connectivity index (χ3v) is 5.85. The van der Waals surface area contributed by atoms with Gasteiger partial charge in [0.1, 0.15) is 36.6 Å². The lowest BCUT2D eigenvalue weighted by Gasteiger charge is -2.49. The van der Waals surface area contributed by atoms with Gasteiger partial charge in [-0.3, -0.25) is 4.79 Å². The van der Waals surface area contributed by atoms with Crippen LogP contribution in [0.3, 0.4) is 0 Å². The van der Waals surface area contributed by atoms with Gasteiger partial charge in [0.15, 0.2) is 12.6 Å². The molecule has 1 amide bonds. The van der Waals surface area contributed by atoms with Crippen molar-refractivity contribution >= 4 is 11.9 Å². The first kappa shape index (κ1) is 27.2. The summed E-state index contributed by atoms with van der Waals surface area (Å²) in [6.07, 6.45) is -3.48. The van der Waals surface area contributed by atoms with E-state index in [-0.39, 0.29) is 25.7 Å². The minimum atomic E-state index is -0.866. The highest BCUT2D eigenvalue weighted by Gasteiger charge is 2.51. The van der Waals surface area contributed by atoms with Gasteiger partial charge >= 0.3 is 5.97 Å². The lowest BCUT2D eigenvalue weighted by Crippen LogP contribution is -2.67.